The maximum Gasteiger partial charge on any atom is 0.131 e. The van der Waals surface area contributed by atoms with Gasteiger partial charge in [0.2, 0.25) is 0 Å². The van der Waals surface area contributed by atoms with Crippen LogP contribution in [0.25, 0.3) is 10.9 Å². The van der Waals surface area contributed by atoms with Crippen molar-refractivity contribution in [2.45, 2.75) is 25.8 Å². The monoisotopic (exact) mass is 314 g/mol. The highest BCUT2D eigenvalue weighted by atomic mass is 35.5. The Morgan fingerprint density at radius 2 is 2.00 bits per heavy atom. The Morgan fingerprint density at radius 1 is 1.21 bits per heavy atom. The lowest BCUT2D eigenvalue weighted by atomic mass is 10.2. The number of pyridine rings is 1. The topological polar surface area (TPSA) is 16.1 Å². The highest BCUT2D eigenvalue weighted by Gasteiger charge is 2.23. The second-order valence-electron chi connectivity index (χ2n) is 4.90. The summed E-state index contributed by atoms with van der Waals surface area (Å²) in [5.74, 6) is 0.881. The van der Waals surface area contributed by atoms with Gasteiger partial charge in [-0.25, -0.2) is 4.98 Å². The zero-order valence-electron chi connectivity index (χ0n) is 10.5. The molecule has 1 fully saturated rings. The highest BCUT2D eigenvalue weighted by Crippen LogP contribution is 2.36. The van der Waals surface area contributed by atoms with Crippen molar-refractivity contribution < 1.29 is 0 Å². The van der Waals surface area contributed by atoms with Crippen LogP contribution in [0.2, 0.25) is 15.1 Å². The number of aromatic nitrogens is 1. The second-order valence-corrected chi connectivity index (χ2v) is 6.10. The molecule has 100 valence electrons. The average Bonchev–Trinajstić information content (AvgIpc) is 2.80. The fraction of sp³-hybridized carbons (Fsp3) is 0.357. The van der Waals surface area contributed by atoms with Crippen LogP contribution in [-0.4, -0.2) is 17.6 Å². The highest BCUT2D eigenvalue weighted by molar-refractivity contribution is 6.46. The summed E-state index contributed by atoms with van der Waals surface area (Å²) in [7, 11) is 0. The van der Waals surface area contributed by atoms with Crippen LogP contribution < -0.4 is 4.90 Å². The molecule has 1 atom stereocenters. The number of benzene rings is 1. The summed E-state index contributed by atoms with van der Waals surface area (Å²) >= 11 is 18.6. The van der Waals surface area contributed by atoms with E-state index in [2.05, 4.69) is 16.8 Å². The van der Waals surface area contributed by atoms with E-state index in [1.54, 1.807) is 6.07 Å². The second kappa shape index (κ2) is 5.01. The molecule has 0 N–H and O–H groups in total. The van der Waals surface area contributed by atoms with Gasteiger partial charge in [0.1, 0.15) is 5.82 Å². The van der Waals surface area contributed by atoms with Crippen molar-refractivity contribution >= 4 is 51.5 Å². The first-order chi connectivity index (χ1) is 9.08. The van der Waals surface area contributed by atoms with Crippen LogP contribution in [0.15, 0.2) is 18.2 Å². The molecule has 0 spiro atoms. The number of hydrogen-bond donors (Lipinski definition) is 0. The van der Waals surface area contributed by atoms with Crippen LogP contribution in [0.4, 0.5) is 5.82 Å². The summed E-state index contributed by atoms with van der Waals surface area (Å²) in [6, 6.07) is 6.00. The molecule has 1 saturated heterocycles. The standard InChI is InChI=1S/C14H13Cl3N2/c1-8-3-2-6-19(8)12-7-11(16)9-4-5-10(15)13(17)14(9)18-12/h4-5,7-8H,2-3,6H2,1H3/t8-/m1/s1. The van der Waals surface area contributed by atoms with Gasteiger partial charge in [0, 0.05) is 18.0 Å². The minimum atomic E-state index is 0.467. The third kappa shape index (κ3) is 2.26. The summed E-state index contributed by atoms with van der Waals surface area (Å²) in [6.07, 6.45) is 2.36. The van der Waals surface area contributed by atoms with Crippen LogP contribution in [0.3, 0.4) is 0 Å². The van der Waals surface area contributed by atoms with Crippen molar-refractivity contribution in [3.8, 4) is 0 Å². The molecule has 0 amide bonds. The molecule has 1 aromatic carbocycles. The third-order valence-electron chi connectivity index (χ3n) is 3.66. The lowest BCUT2D eigenvalue weighted by Crippen LogP contribution is -2.27. The van der Waals surface area contributed by atoms with Gasteiger partial charge in [-0.05, 0) is 38.0 Å². The van der Waals surface area contributed by atoms with E-state index < -0.39 is 0 Å². The van der Waals surface area contributed by atoms with Crippen LogP contribution in [0.5, 0.6) is 0 Å². The maximum absolute atomic E-state index is 6.34. The summed E-state index contributed by atoms with van der Waals surface area (Å²) in [6.45, 7) is 3.21. The molecule has 1 aliphatic rings. The SMILES string of the molecule is C[C@@H]1CCCN1c1cc(Cl)c2ccc(Cl)c(Cl)c2n1. The predicted octanol–water partition coefficient (Wildman–Crippen LogP) is 5.18. The van der Waals surface area contributed by atoms with Crippen molar-refractivity contribution in [1.29, 1.82) is 0 Å². The quantitative estimate of drug-likeness (QED) is 0.720. The Bertz CT molecular complexity index is 642. The zero-order chi connectivity index (χ0) is 13.6. The van der Waals surface area contributed by atoms with Gasteiger partial charge < -0.3 is 4.90 Å². The van der Waals surface area contributed by atoms with Gasteiger partial charge in [-0.3, -0.25) is 0 Å². The smallest absolute Gasteiger partial charge is 0.131 e. The Labute approximate surface area is 127 Å². The van der Waals surface area contributed by atoms with Gasteiger partial charge >= 0.3 is 0 Å². The lowest BCUT2D eigenvalue weighted by molar-refractivity contribution is 0.728. The van der Waals surface area contributed by atoms with E-state index in [-0.39, 0.29) is 0 Å². The van der Waals surface area contributed by atoms with Gasteiger partial charge in [-0.2, -0.15) is 0 Å². The van der Waals surface area contributed by atoms with E-state index in [0.717, 1.165) is 17.7 Å². The molecule has 2 nitrogen and oxygen atoms in total. The van der Waals surface area contributed by atoms with Gasteiger partial charge in [-0.1, -0.05) is 34.8 Å². The molecule has 1 aliphatic heterocycles. The minimum absolute atomic E-state index is 0.467. The predicted molar refractivity (Wildman–Crippen MR) is 82.8 cm³/mol. The van der Waals surface area contributed by atoms with Gasteiger partial charge in [-0.15, -0.1) is 0 Å². The maximum atomic E-state index is 6.34. The lowest BCUT2D eigenvalue weighted by Gasteiger charge is -2.23. The largest absolute Gasteiger partial charge is 0.354 e. The minimum Gasteiger partial charge on any atom is -0.354 e. The Balaban J connectivity index is 2.20. The molecule has 19 heavy (non-hydrogen) atoms. The molecular formula is C14H13Cl3N2. The van der Waals surface area contributed by atoms with Crippen LogP contribution in [-0.2, 0) is 0 Å². The summed E-state index contributed by atoms with van der Waals surface area (Å²) < 4.78 is 0. The van der Waals surface area contributed by atoms with Gasteiger partial charge in [0.15, 0.2) is 0 Å². The van der Waals surface area contributed by atoms with E-state index in [9.17, 15) is 0 Å². The molecule has 2 heterocycles. The number of anilines is 1. The Morgan fingerprint density at radius 3 is 2.68 bits per heavy atom. The van der Waals surface area contributed by atoms with Crippen LogP contribution in [0.1, 0.15) is 19.8 Å². The fourth-order valence-electron chi connectivity index (χ4n) is 2.60. The average molecular weight is 316 g/mol. The van der Waals surface area contributed by atoms with Gasteiger partial charge in [0.05, 0.1) is 20.6 Å². The molecule has 0 bridgehead atoms. The Hall–Kier alpha value is -0.700. The summed E-state index contributed by atoms with van der Waals surface area (Å²) in [5.41, 5.74) is 0.677. The van der Waals surface area contributed by atoms with E-state index >= 15 is 0 Å². The first-order valence-electron chi connectivity index (χ1n) is 6.29. The van der Waals surface area contributed by atoms with Crippen molar-refractivity contribution in [1.82, 2.24) is 4.98 Å². The summed E-state index contributed by atoms with van der Waals surface area (Å²) in [5, 5.41) is 2.48. The molecule has 3 rings (SSSR count). The van der Waals surface area contributed by atoms with Crippen LogP contribution >= 0.6 is 34.8 Å². The molecule has 0 saturated carbocycles. The van der Waals surface area contributed by atoms with E-state index in [1.807, 2.05) is 12.1 Å². The molecule has 1 aromatic heterocycles. The first-order valence-corrected chi connectivity index (χ1v) is 7.42. The molecule has 5 heteroatoms. The van der Waals surface area contributed by atoms with Crippen molar-refractivity contribution in [3.63, 3.8) is 0 Å². The molecular weight excluding hydrogens is 303 g/mol. The number of fused-ring (bicyclic) bond motifs is 1. The number of rotatable bonds is 1. The number of nitrogens with zero attached hydrogens (tertiary/aromatic N) is 2. The van der Waals surface area contributed by atoms with Crippen molar-refractivity contribution in [2.24, 2.45) is 0 Å². The Kier molecular flexibility index (Phi) is 3.50. The van der Waals surface area contributed by atoms with E-state index in [1.165, 1.54) is 12.8 Å². The van der Waals surface area contributed by atoms with E-state index in [0.29, 0.717) is 26.6 Å². The first kappa shape index (κ1) is 13.3. The fourth-order valence-corrected chi connectivity index (χ4v) is 3.21. The van der Waals surface area contributed by atoms with Crippen LogP contribution in [0, 0.1) is 0 Å². The number of halogens is 3. The van der Waals surface area contributed by atoms with Gasteiger partial charge in [0.25, 0.3) is 0 Å². The molecule has 0 radical (unpaired) electrons. The molecule has 2 aromatic rings. The summed E-state index contributed by atoms with van der Waals surface area (Å²) in [4.78, 5) is 6.92. The molecule has 0 unspecified atom stereocenters. The molecule has 0 aliphatic carbocycles. The third-order valence-corrected chi connectivity index (χ3v) is 4.76. The van der Waals surface area contributed by atoms with E-state index in [4.69, 9.17) is 34.8 Å². The zero-order valence-corrected chi connectivity index (χ0v) is 12.7. The normalized spacial score (nSPS) is 19.4. The number of hydrogen-bond acceptors (Lipinski definition) is 2. The van der Waals surface area contributed by atoms with Crippen molar-refractivity contribution in [2.75, 3.05) is 11.4 Å². The van der Waals surface area contributed by atoms with Crippen molar-refractivity contribution in [3.05, 3.63) is 33.3 Å².